The molecular formula is C18H18ClN3O4S. The van der Waals surface area contributed by atoms with Gasteiger partial charge in [0, 0.05) is 11.5 Å². The number of carboxylic acids is 1. The minimum atomic E-state index is -0.978. The fourth-order valence-electron chi connectivity index (χ4n) is 3.16. The van der Waals surface area contributed by atoms with Gasteiger partial charge in [0.15, 0.2) is 10.9 Å². The number of hydrogen-bond acceptors (Lipinski definition) is 5. The van der Waals surface area contributed by atoms with Crippen molar-refractivity contribution in [2.24, 2.45) is 5.92 Å². The first-order valence-corrected chi connectivity index (χ1v) is 9.70. The van der Waals surface area contributed by atoms with E-state index in [2.05, 4.69) is 15.6 Å². The number of carboxylic acid groups (broad SMARTS) is 1. The van der Waals surface area contributed by atoms with Crippen LogP contribution in [0.5, 0.6) is 0 Å². The second-order valence-electron chi connectivity index (χ2n) is 6.34. The summed E-state index contributed by atoms with van der Waals surface area (Å²) in [4.78, 5) is 40.1. The molecule has 142 valence electrons. The smallest absolute Gasteiger partial charge is 0.325 e. The highest BCUT2D eigenvalue weighted by Gasteiger charge is 2.26. The van der Waals surface area contributed by atoms with Crippen molar-refractivity contribution in [2.45, 2.75) is 32.1 Å². The Morgan fingerprint density at radius 2 is 1.96 bits per heavy atom. The lowest BCUT2D eigenvalue weighted by molar-refractivity contribution is -0.136. The van der Waals surface area contributed by atoms with E-state index in [1.165, 1.54) is 6.20 Å². The number of aromatic nitrogens is 1. The Balaban J connectivity index is 1.82. The van der Waals surface area contributed by atoms with Gasteiger partial charge in [0.25, 0.3) is 0 Å². The third-order valence-electron chi connectivity index (χ3n) is 4.38. The van der Waals surface area contributed by atoms with Crippen LogP contribution in [-0.2, 0) is 11.2 Å². The molecule has 2 amide bonds. The molecule has 0 aliphatic heterocycles. The van der Waals surface area contributed by atoms with Gasteiger partial charge in [0.2, 0.25) is 0 Å². The number of ketones is 1. The summed E-state index contributed by atoms with van der Waals surface area (Å²) in [6.07, 6.45) is 4.86. The third kappa shape index (κ3) is 5.05. The number of carbonyl (C=O) groups is 3. The van der Waals surface area contributed by atoms with E-state index in [1.807, 2.05) is 0 Å². The predicted molar refractivity (Wildman–Crippen MR) is 104 cm³/mol. The number of benzene rings is 1. The van der Waals surface area contributed by atoms with Gasteiger partial charge in [-0.05, 0) is 30.5 Å². The van der Waals surface area contributed by atoms with E-state index in [0.717, 1.165) is 37.0 Å². The normalized spacial score (nSPS) is 14.1. The van der Waals surface area contributed by atoms with Crippen LogP contribution < -0.4 is 10.6 Å². The summed E-state index contributed by atoms with van der Waals surface area (Å²) in [7, 11) is 0. The van der Waals surface area contributed by atoms with Crippen molar-refractivity contribution in [3.63, 3.8) is 0 Å². The zero-order valence-electron chi connectivity index (χ0n) is 14.3. The Kier molecular flexibility index (Phi) is 6.08. The van der Waals surface area contributed by atoms with Crippen LogP contribution in [0.2, 0.25) is 4.34 Å². The number of nitrogens with one attached hydrogen (secondary N) is 2. The van der Waals surface area contributed by atoms with Gasteiger partial charge in [0.1, 0.15) is 4.34 Å². The minimum absolute atomic E-state index is 0.0627. The molecule has 0 saturated heterocycles. The zero-order chi connectivity index (χ0) is 19.4. The number of rotatable bonds is 6. The van der Waals surface area contributed by atoms with Gasteiger partial charge in [-0.1, -0.05) is 41.8 Å². The van der Waals surface area contributed by atoms with Crippen LogP contribution in [0.25, 0.3) is 0 Å². The number of carbonyl (C=O) groups excluding carboxylic acids is 2. The second kappa shape index (κ2) is 8.49. The maximum Gasteiger partial charge on any atom is 0.325 e. The van der Waals surface area contributed by atoms with Gasteiger partial charge >= 0.3 is 12.0 Å². The highest BCUT2D eigenvalue weighted by Crippen LogP contribution is 2.31. The molecule has 1 aromatic carbocycles. The summed E-state index contributed by atoms with van der Waals surface area (Å²) in [6, 6.07) is 4.17. The first kappa shape index (κ1) is 19.3. The van der Waals surface area contributed by atoms with E-state index in [0.29, 0.717) is 26.3 Å². The second-order valence-corrected chi connectivity index (χ2v) is 8.01. The van der Waals surface area contributed by atoms with Crippen molar-refractivity contribution >= 4 is 51.5 Å². The summed E-state index contributed by atoms with van der Waals surface area (Å²) in [5, 5.41) is 14.6. The first-order chi connectivity index (χ1) is 12.9. The molecule has 3 N–H and O–H groups in total. The molecule has 0 bridgehead atoms. The van der Waals surface area contributed by atoms with E-state index in [9.17, 15) is 14.4 Å². The minimum Gasteiger partial charge on any atom is -0.481 e. The molecule has 1 aliphatic carbocycles. The van der Waals surface area contributed by atoms with Crippen LogP contribution in [0.1, 0.15) is 41.6 Å². The number of amides is 2. The summed E-state index contributed by atoms with van der Waals surface area (Å²) in [5.74, 6) is -1.13. The van der Waals surface area contributed by atoms with Crippen molar-refractivity contribution < 1.29 is 19.5 Å². The van der Waals surface area contributed by atoms with Crippen molar-refractivity contribution in [1.29, 1.82) is 0 Å². The number of Topliss-reactive ketones (excluding diaryl/α,β-unsaturated/α-hetero) is 1. The fraction of sp³-hybridized carbons (Fsp3) is 0.333. The largest absolute Gasteiger partial charge is 0.481 e. The van der Waals surface area contributed by atoms with Gasteiger partial charge < -0.3 is 10.4 Å². The van der Waals surface area contributed by atoms with Crippen molar-refractivity contribution in [2.75, 3.05) is 10.6 Å². The highest BCUT2D eigenvalue weighted by atomic mass is 35.5. The van der Waals surface area contributed by atoms with Crippen LogP contribution >= 0.6 is 22.9 Å². The molecule has 0 spiro atoms. The van der Waals surface area contributed by atoms with Crippen LogP contribution in [0.3, 0.4) is 0 Å². The molecule has 9 heteroatoms. The van der Waals surface area contributed by atoms with Gasteiger partial charge in [0.05, 0.1) is 18.3 Å². The molecule has 1 saturated carbocycles. The Hall–Kier alpha value is -2.45. The van der Waals surface area contributed by atoms with E-state index in [-0.39, 0.29) is 18.1 Å². The van der Waals surface area contributed by atoms with E-state index < -0.39 is 12.0 Å². The highest BCUT2D eigenvalue weighted by molar-refractivity contribution is 7.19. The first-order valence-electron chi connectivity index (χ1n) is 8.50. The molecule has 3 rings (SSSR count). The van der Waals surface area contributed by atoms with Gasteiger partial charge in [-0.15, -0.1) is 0 Å². The average molecular weight is 408 g/mol. The lowest BCUT2D eigenvalue weighted by Gasteiger charge is -2.15. The zero-order valence-corrected chi connectivity index (χ0v) is 15.9. The molecule has 0 atom stereocenters. The van der Waals surface area contributed by atoms with Crippen LogP contribution in [0.4, 0.5) is 15.6 Å². The van der Waals surface area contributed by atoms with Crippen molar-refractivity contribution in [1.82, 2.24) is 4.98 Å². The monoisotopic (exact) mass is 407 g/mol. The number of hydrogen-bond donors (Lipinski definition) is 3. The fourth-order valence-corrected chi connectivity index (χ4v) is 3.97. The maximum atomic E-state index is 12.9. The lowest BCUT2D eigenvalue weighted by atomic mass is 9.93. The number of thiazole rings is 1. The van der Waals surface area contributed by atoms with Gasteiger partial charge in [-0.3, -0.25) is 14.9 Å². The van der Waals surface area contributed by atoms with Crippen LogP contribution in [-0.4, -0.2) is 27.9 Å². The van der Waals surface area contributed by atoms with Crippen LogP contribution in [0.15, 0.2) is 24.4 Å². The number of urea groups is 1. The third-order valence-corrected chi connectivity index (χ3v) is 5.41. The van der Waals surface area contributed by atoms with E-state index in [1.54, 1.807) is 18.2 Å². The summed E-state index contributed by atoms with van der Waals surface area (Å²) >= 11 is 6.91. The van der Waals surface area contributed by atoms with Crippen LogP contribution in [0, 0.1) is 5.92 Å². The van der Waals surface area contributed by atoms with E-state index in [4.69, 9.17) is 16.7 Å². The summed E-state index contributed by atoms with van der Waals surface area (Å²) < 4.78 is 0.445. The molecule has 0 radical (unpaired) electrons. The van der Waals surface area contributed by atoms with Crippen molar-refractivity contribution in [3.8, 4) is 0 Å². The average Bonchev–Trinajstić information content (AvgIpc) is 3.27. The molecule has 2 aromatic rings. The molecule has 7 nitrogen and oxygen atoms in total. The maximum absolute atomic E-state index is 12.9. The van der Waals surface area contributed by atoms with Gasteiger partial charge in [-0.2, -0.15) is 0 Å². The number of aliphatic carboxylic acids is 1. The van der Waals surface area contributed by atoms with Gasteiger partial charge in [-0.25, -0.2) is 9.78 Å². The summed E-state index contributed by atoms with van der Waals surface area (Å²) in [5.41, 5.74) is 1.20. The Bertz CT molecular complexity index is 877. The lowest BCUT2D eigenvalue weighted by Crippen LogP contribution is -2.22. The SMILES string of the molecule is O=C(O)Cc1ccc(NC(=O)Nc2ncc(Cl)s2)c(C(=O)C2CCCC2)c1. The standard InChI is InChI=1S/C18H18ClN3O4S/c19-14-9-20-18(27-14)22-17(26)21-13-6-5-10(8-15(23)24)7-12(13)16(25)11-3-1-2-4-11/h5-7,9,11H,1-4,8H2,(H,23,24)(H2,20,21,22,26). The molecule has 0 unspecified atom stereocenters. The molecule has 27 heavy (non-hydrogen) atoms. The number of halogens is 1. The number of anilines is 2. The Labute approximate surface area is 164 Å². The molecule has 1 fully saturated rings. The topological polar surface area (TPSA) is 108 Å². The molecule has 1 heterocycles. The Morgan fingerprint density at radius 3 is 2.59 bits per heavy atom. The molecule has 1 aromatic heterocycles. The molecular weight excluding hydrogens is 390 g/mol. The molecule has 1 aliphatic rings. The van der Waals surface area contributed by atoms with Crippen molar-refractivity contribution in [3.05, 3.63) is 39.9 Å². The number of nitrogens with zero attached hydrogens (tertiary/aromatic N) is 1. The van der Waals surface area contributed by atoms with E-state index >= 15 is 0 Å². The Morgan fingerprint density at radius 1 is 1.22 bits per heavy atom. The summed E-state index contributed by atoms with van der Waals surface area (Å²) in [6.45, 7) is 0. The predicted octanol–water partition coefficient (Wildman–Crippen LogP) is 4.44. The quantitative estimate of drug-likeness (QED) is 0.613.